The maximum atomic E-state index is 13.5. The van der Waals surface area contributed by atoms with E-state index in [9.17, 15) is 13.6 Å². The number of alkyl halides is 2. The fourth-order valence-corrected chi connectivity index (χ4v) is 5.88. The van der Waals surface area contributed by atoms with Gasteiger partial charge in [-0.15, -0.1) is 0 Å². The predicted molar refractivity (Wildman–Crippen MR) is 120 cm³/mol. The molecule has 0 spiro atoms. The molecule has 0 aliphatic carbocycles. The number of fused-ring (bicyclic) bond motifs is 2. The van der Waals surface area contributed by atoms with Crippen LogP contribution in [0.2, 0.25) is 0 Å². The van der Waals surface area contributed by atoms with Crippen LogP contribution < -0.4 is 4.90 Å². The molecule has 1 unspecified atom stereocenters. The summed E-state index contributed by atoms with van der Waals surface area (Å²) in [5.74, 6) is -1.49. The average molecular weight is 448 g/mol. The van der Waals surface area contributed by atoms with Gasteiger partial charge in [0.25, 0.3) is 5.92 Å². The summed E-state index contributed by atoms with van der Waals surface area (Å²) in [5.41, 5.74) is 2.20. The van der Waals surface area contributed by atoms with E-state index in [0.717, 1.165) is 56.2 Å². The molecule has 1 amide bonds. The van der Waals surface area contributed by atoms with Crippen LogP contribution in [0.4, 0.5) is 14.6 Å². The molecule has 0 aromatic carbocycles. The van der Waals surface area contributed by atoms with Crippen molar-refractivity contribution in [1.29, 1.82) is 0 Å². The molecule has 0 saturated carbocycles. The van der Waals surface area contributed by atoms with E-state index in [0.29, 0.717) is 31.7 Å². The molecule has 3 fully saturated rings. The first kappa shape index (κ1) is 22.0. The van der Waals surface area contributed by atoms with Crippen molar-refractivity contribution in [3.05, 3.63) is 23.4 Å². The second-order valence-corrected chi connectivity index (χ2v) is 10.1. The fourth-order valence-electron chi connectivity index (χ4n) is 5.88. The Morgan fingerprint density at radius 1 is 1.12 bits per heavy atom. The van der Waals surface area contributed by atoms with Crippen LogP contribution in [0.3, 0.4) is 0 Å². The topological polar surface area (TPSA) is 42.9 Å². The average Bonchev–Trinajstić information content (AvgIpc) is 2.78. The highest BCUT2D eigenvalue weighted by molar-refractivity contribution is 5.78. The van der Waals surface area contributed by atoms with Crippen LogP contribution in [-0.2, 0) is 17.8 Å². The van der Waals surface area contributed by atoms with Crippen LogP contribution in [-0.4, -0.2) is 89.4 Å². The number of hydrogen-bond donors (Lipinski definition) is 0. The van der Waals surface area contributed by atoms with Crippen LogP contribution in [0.15, 0.2) is 12.1 Å². The van der Waals surface area contributed by atoms with Gasteiger partial charge in [0.1, 0.15) is 5.82 Å². The number of hydrogen-bond acceptors (Lipinski definition) is 5. The predicted octanol–water partition coefficient (Wildman–Crippen LogP) is 2.76. The zero-order chi connectivity index (χ0) is 22.3. The van der Waals surface area contributed by atoms with Crippen molar-refractivity contribution < 1.29 is 13.6 Å². The van der Waals surface area contributed by atoms with Gasteiger partial charge in [0.05, 0.1) is 6.54 Å². The molecule has 176 valence electrons. The number of halogens is 2. The maximum absolute atomic E-state index is 13.5. The molecule has 4 aliphatic heterocycles. The molecule has 1 aromatic rings. The lowest BCUT2D eigenvalue weighted by molar-refractivity contribution is -0.137. The van der Waals surface area contributed by atoms with Gasteiger partial charge in [-0.1, -0.05) is 12.5 Å². The largest absolute Gasteiger partial charge is 0.356 e. The van der Waals surface area contributed by atoms with Gasteiger partial charge in [-0.3, -0.25) is 14.6 Å². The highest BCUT2D eigenvalue weighted by Gasteiger charge is 2.36. The van der Waals surface area contributed by atoms with Gasteiger partial charge in [-0.25, -0.2) is 13.8 Å². The SMILES string of the molecule is CC1CCC[C@H]2CN(C(=O)CN3CCc4nc(N5CCC(F)(F)CC5)ccc4C3)CCN12. The molecule has 6 nitrogen and oxygen atoms in total. The molecular formula is C24H35F2N5O. The lowest BCUT2D eigenvalue weighted by Crippen LogP contribution is -2.59. The van der Waals surface area contributed by atoms with Crippen LogP contribution in [0.25, 0.3) is 0 Å². The van der Waals surface area contributed by atoms with Crippen molar-refractivity contribution in [3.8, 4) is 0 Å². The van der Waals surface area contributed by atoms with Crippen LogP contribution in [0.5, 0.6) is 0 Å². The lowest BCUT2D eigenvalue weighted by Gasteiger charge is -2.47. The van der Waals surface area contributed by atoms with E-state index in [1.54, 1.807) is 0 Å². The van der Waals surface area contributed by atoms with Crippen molar-refractivity contribution in [2.24, 2.45) is 0 Å². The Labute approximate surface area is 189 Å². The summed E-state index contributed by atoms with van der Waals surface area (Å²) < 4.78 is 26.9. The van der Waals surface area contributed by atoms with Gasteiger partial charge in [-0.05, 0) is 31.4 Å². The van der Waals surface area contributed by atoms with Crippen molar-refractivity contribution in [1.82, 2.24) is 19.7 Å². The summed E-state index contributed by atoms with van der Waals surface area (Å²) in [7, 11) is 0. The molecule has 8 heteroatoms. The van der Waals surface area contributed by atoms with Crippen LogP contribution in [0.1, 0.15) is 50.3 Å². The van der Waals surface area contributed by atoms with Crippen molar-refractivity contribution in [3.63, 3.8) is 0 Å². The minimum absolute atomic E-state index is 0.102. The zero-order valence-electron chi connectivity index (χ0n) is 19.1. The fraction of sp³-hybridized carbons (Fsp3) is 0.750. The summed E-state index contributed by atoms with van der Waals surface area (Å²) in [6.45, 7) is 7.73. The molecule has 5 heterocycles. The van der Waals surface area contributed by atoms with E-state index in [2.05, 4.69) is 27.7 Å². The number of anilines is 1. The van der Waals surface area contributed by atoms with E-state index < -0.39 is 5.92 Å². The van der Waals surface area contributed by atoms with Gasteiger partial charge in [0, 0.05) is 82.9 Å². The summed E-state index contributed by atoms with van der Waals surface area (Å²) in [5, 5.41) is 0. The molecule has 0 N–H and O–H groups in total. The van der Waals surface area contributed by atoms with E-state index in [4.69, 9.17) is 4.98 Å². The third-order valence-corrected chi connectivity index (χ3v) is 7.90. The number of rotatable bonds is 3. The Kier molecular flexibility index (Phi) is 6.09. The van der Waals surface area contributed by atoms with E-state index in [-0.39, 0.29) is 18.7 Å². The quantitative estimate of drug-likeness (QED) is 0.713. The van der Waals surface area contributed by atoms with E-state index in [1.807, 2.05) is 11.0 Å². The third kappa shape index (κ3) is 4.62. The second kappa shape index (κ2) is 8.86. The summed E-state index contributed by atoms with van der Waals surface area (Å²) in [4.78, 5) is 26.7. The number of amides is 1. The summed E-state index contributed by atoms with van der Waals surface area (Å²) in [6, 6.07) is 5.19. The number of aromatic nitrogens is 1. The Hall–Kier alpha value is -1.80. The number of piperidine rings is 2. The van der Waals surface area contributed by atoms with Gasteiger partial charge in [0.2, 0.25) is 5.91 Å². The zero-order valence-corrected chi connectivity index (χ0v) is 19.1. The minimum Gasteiger partial charge on any atom is -0.356 e. The first-order chi connectivity index (χ1) is 15.4. The number of nitrogens with zero attached hydrogens (tertiary/aromatic N) is 5. The summed E-state index contributed by atoms with van der Waals surface area (Å²) in [6.07, 6.45) is 4.34. The van der Waals surface area contributed by atoms with Gasteiger partial charge < -0.3 is 9.80 Å². The molecular weight excluding hydrogens is 412 g/mol. The molecule has 3 saturated heterocycles. The molecule has 0 radical (unpaired) electrons. The van der Waals surface area contributed by atoms with Gasteiger partial charge in [0.15, 0.2) is 0 Å². The molecule has 0 bridgehead atoms. The second-order valence-electron chi connectivity index (χ2n) is 10.1. The molecule has 5 rings (SSSR count). The molecule has 1 aromatic heterocycles. The molecule has 4 aliphatic rings. The number of piperazine rings is 1. The first-order valence-corrected chi connectivity index (χ1v) is 12.3. The van der Waals surface area contributed by atoms with E-state index >= 15 is 0 Å². The van der Waals surface area contributed by atoms with Crippen molar-refractivity contribution in [2.75, 3.05) is 50.7 Å². The Bertz CT molecular complexity index is 840. The maximum Gasteiger partial charge on any atom is 0.251 e. The van der Waals surface area contributed by atoms with Gasteiger partial charge in [-0.2, -0.15) is 0 Å². The first-order valence-electron chi connectivity index (χ1n) is 12.3. The van der Waals surface area contributed by atoms with E-state index in [1.165, 1.54) is 19.3 Å². The van der Waals surface area contributed by atoms with Crippen molar-refractivity contribution >= 4 is 11.7 Å². The van der Waals surface area contributed by atoms with Gasteiger partial charge >= 0.3 is 0 Å². The normalized spacial score (nSPS) is 28.8. The van der Waals surface area contributed by atoms with Crippen molar-refractivity contribution in [2.45, 2.75) is 70.0 Å². The Morgan fingerprint density at radius 3 is 2.75 bits per heavy atom. The number of carbonyl (C=O) groups excluding carboxylic acids is 1. The standard InChI is InChI=1S/C24H35F2N5O/c1-18-3-2-4-20-16-30(13-14-31(18)20)23(32)17-28-10-7-21-19(15-28)5-6-22(27-21)29-11-8-24(25,26)9-12-29/h5-6,18,20H,2-4,7-17H2,1H3/t18?,20-/m0/s1. The summed E-state index contributed by atoms with van der Waals surface area (Å²) >= 11 is 0. The van der Waals surface area contributed by atoms with Crippen LogP contribution in [0, 0.1) is 0 Å². The highest BCUT2D eigenvalue weighted by atomic mass is 19.3. The smallest absolute Gasteiger partial charge is 0.251 e. The molecule has 2 atom stereocenters. The highest BCUT2D eigenvalue weighted by Crippen LogP contribution is 2.31. The monoisotopic (exact) mass is 447 g/mol. The molecule has 32 heavy (non-hydrogen) atoms. The number of pyridine rings is 1. The number of carbonyl (C=O) groups is 1. The third-order valence-electron chi connectivity index (χ3n) is 7.90. The Morgan fingerprint density at radius 2 is 1.94 bits per heavy atom. The lowest BCUT2D eigenvalue weighted by atomic mass is 9.94. The van der Waals surface area contributed by atoms with Crippen LogP contribution >= 0.6 is 0 Å². The Balaban J connectivity index is 1.16. The minimum atomic E-state index is -2.54.